The van der Waals surface area contributed by atoms with E-state index in [1.165, 1.54) is 6.04 Å². The van der Waals surface area contributed by atoms with Gasteiger partial charge in [0, 0.05) is 194 Å². The van der Waals surface area contributed by atoms with Crippen molar-refractivity contribution >= 4 is 438 Å². The summed E-state index contributed by atoms with van der Waals surface area (Å²) < 4.78 is 39.5. The number of rotatable bonds is 26. The van der Waals surface area contributed by atoms with Crippen LogP contribution in [0.25, 0.3) is 0 Å². The van der Waals surface area contributed by atoms with Crippen LogP contribution in [0.2, 0.25) is 37.3 Å². The molecule has 9 nitrogen and oxygen atoms in total. The second-order valence-electron chi connectivity index (χ2n) is 10.6. The molecule has 0 N–H and O–H groups in total. The first kappa shape index (κ1) is 313. The summed E-state index contributed by atoms with van der Waals surface area (Å²) in [6, 6.07) is 1.13. The van der Waals surface area contributed by atoms with E-state index in [1.807, 2.05) is 41.5 Å². The molecule has 0 atom stereocenters. The Balaban J connectivity index is -0.00000000721. The molecule has 0 amide bonds. The summed E-state index contributed by atoms with van der Waals surface area (Å²) >= 11 is 62.1. The molecule has 43 heteroatoms. The summed E-state index contributed by atoms with van der Waals surface area (Å²) in [7, 11) is -6.11. The van der Waals surface area contributed by atoms with Gasteiger partial charge in [-0.1, -0.05) is 185 Å². The second-order valence-corrected chi connectivity index (χ2v) is 63.7. The maximum Gasteiger partial charge on any atom is 2.00 e. The van der Waals surface area contributed by atoms with Crippen molar-refractivity contribution < 1.29 is 130 Å². The number of halogens is 26. The standard InChI is InChI=1S/2C9H21ClO3Si.C7H17ClOSi.C3H6Cl4Si.2C2H5O.23CH4.CH3.5ClH.2I3.3I2.2HI.4Mg/c2*1-4-11-14(12-5-2,13-6-3)9-7-8-10;1-4-9-10(2,3)7-5-6-8;4-2-1-3-8(5,6)7;2*1-2-3;;;;;;;;;;;;;;;;;;;;;;;;;;;;;;2*1-3-2;3*1-2;;;;;;/h2*4-9H2,1-3H3;4-7H2,1-3H3;1-3H2;2*2H2,1H3;23*1H4;1H3;5*1H;;;;;;2*1H;;;;/q;;;;2*-1;;;;;;;;;;;;;;;;;;;;;;;;-1;;;;;;2*-1;;;;;;4*+2/p-5. The Morgan fingerprint density at radius 2 is 0.414 bits per heavy atom. The minimum Gasteiger partial charge on any atom is -1.00 e. The molecule has 0 rings (SSSR count). The van der Waals surface area contributed by atoms with Crippen molar-refractivity contribution in [3.8, 4) is 0 Å². The maximum atomic E-state index is 8.93. The minimum atomic E-state index is -2.40. The van der Waals surface area contributed by atoms with Crippen LogP contribution in [-0.4, -0.2) is 207 Å². The average molecular weight is 3400 g/mol. The molecule has 0 spiro atoms. The third-order valence-electron chi connectivity index (χ3n) is 5.46. The molecular weight excluding hydrogens is 3230 g/mol. The third-order valence-corrected chi connectivity index (χ3v) is 18.1. The molecule has 0 radical (unpaired) electrons. The number of hydrogen-bond acceptors (Lipinski definition) is 9. The van der Waals surface area contributed by atoms with Gasteiger partial charge in [0.1, 0.15) is 0 Å². The summed E-state index contributed by atoms with van der Waals surface area (Å²) in [6.07, 6.45) is 3.67. The smallest absolute Gasteiger partial charge is 1.00 e. The fourth-order valence-corrected chi connectivity index (χ4v) is 14.2. The molecule has 99 heavy (non-hydrogen) atoms. The Bertz CT molecular complexity index is 722. The Kier molecular flexibility index (Phi) is 936. The van der Waals surface area contributed by atoms with Crippen LogP contribution >= 0.6 is 314 Å². The molecule has 0 bridgehead atoms. The van der Waals surface area contributed by atoms with E-state index < -0.39 is 31.9 Å². The van der Waals surface area contributed by atoms with Crippen molar-refractivity contribution in [2.75, 3.05) is 83.0 Å². The molecule has 0 aliphatic carbocycles. The monoisotopic (exact) mass is 3390 g/mol. The Hall–Kier alpha value is 17.3. The van der Waals surface area contributed by atoms with E-state index in [1.54, 1.807) is 13.8 Å². The van der Waals surface area contributed by atoms with Gasteiger partial charge in [-0.25, -0.2) is 0 Å². The van der Waals surface area contributed by atoms with Crippen molar-refractivity contribution in [2.24, 2.45) is 0 Å². The van der Waals surface area contributed by atoms with Gasteiger partial charge < -0.3 is 111 Å². The van der Waals surface area contributed by atoms with E-state index in [0.717, 1.165) is 50.3 Å². The zero-order valence-corrected chi connectivity index (χ0v) is 94.5. The molecule has 0 aromatic carbocycles. The fraction of sp³-hybridized carbons (Fsp3) is 0.982. The first-order valence-electron chi connectivity index (χ1n) is 19.4. The van der Waals surface area contributed by atoms with Crippen molar-refractivity contribution in [2.45, 2.75) is 296 Å². The molecule has 0 aromatic rings. The van der Waals surface area contributed by atoms with Crippen LogP contribution in [-0.2, 0) is 31.0 Å². The molecule has 0 unspecified atom stereocenters. The van der Waals surface area contributed by atoms with E-state index in [2.05, 4.69) is 206 Å². The van der Waals surface area contributed by atoms with Crippen LogP contribution in [0.5, 0.6) is 0 Å². The minimum absolute atomic E-state index is 0. The molecule has 0 aromatic heterocycles. The largest absolute Gasteiger partial charge is 2.00 e. The van der Waals surface area contributed by atoms with Crippen LogP contribution in [0.4, 0.5) is 0 Å². The van der Waals surface area contributed by atoms with Gasteiger partial charge in [-0.05, 0) is 99.3 Å². The van der Waals surface area contributed by atoms with Gasteiger partial charge in [0.25, 0.3) is 0 Å². The Labute approximate surface area is 934 Å². The molecule has 658 valence electrons. The van der Waals surface area contributed by atoms with Crippen LogP contribution in [0.1, 0.15) is 259 Å². The van der Waals surface area contributed by atoms with Crippen molar-refractivity contribution in [1.29, 1.82) is 0 Å². The summed E-state index contributed by atoms with van der Waals surface area (Å²) in [5, 5.41) is 17.9. The molecular formula is C56H172Cl12I14Mg4O9Si4-2. The van der Waals surface area contributed by atoms with E-state index >= 15 is 0 Å². The van der Waals surface area contributed by atoms with Gasteiger partial charge in [-0.3, -0.25) is 0 Å². The van der Waals surface area contributed by atoms with E-state index in [0.29, 0.717) is 89.8 Å². The Morgan fingerprint density at radius 1 is 0.303 bits per heavy atom. The zero-order chi connectivity index (χ0) is 53.2. The Morgan fingerprint density at radius 3 is 0.505 bits per heavy atom. The summed E-state index contributed by atoms with van der Waals surface area (Å²) in [4.78, 5) is 0. The van der Waals surface area contributed by atoms with Crippen LogP contribution < -0.4 is 98.8 Å². The topological polar surface area (TPSA) is 111 Å². The first-order valence-corrected chi connectivity index (χ1v) is 77.8. The van der Waals surface area contributed by atoms with Crippen molar-refractivity contribution in [1.82, 2.24) is 0 Å². The van der Waals surface area contributed by atoms with E-state index in [4.69, 9.17) is 121 Å². The predicted molar refractivity (Wildman–Crippen MR) is 591 cm³/mol. The van der Waals surface area contributed by atoms with Gasteiger partial charge >= 0.3 is 217 Å². The van der Waals surface area contributed by atoms with Crippen LogP contribution in [0.3, 0.4) is 0 Å². The summed E-state index contributed by atoms with van der Waals surface area (Å²) in [6.45, 7) is 26.1. The van der Waals surface area contributed by atoms with Crippen LogP contribution in [0.15, 0.2) is 0 Å². The van der Waals surface area contributed by atoms with E-state index in [-0.39, 0.29) is 394 Å². The van der Waals surface area contributed by atoms with Crippen LogP contribution in [0, 0.1) is 7.43 Å². The maximum absolute atomic E-state index is 8.93. The van der Waals surface area contributed by atoms with Gasteiger partial charge in [0.05, 0.1) is 0 Å². The SMILES string of the molecule is C.C.C.C.C.C.C.C.C.C.C.C.C.C.C.C.C.C.C.C.C.C.C.CCO[Si](C)(C)CCCCl.CCO[Si](CCCCl)(OCC)OCC.CCO[Si](CCCCl)(OCC)OCC.CC[O-].CC[O-].ClCCC[Si](Cl)(Cl)Cl.I.I.II.II.II.I[I-]I.I[I-]I.[CH3-].[Cl-].[Cl-].[Cl-].[Cl-].[Cl-].[Mg+2].[Mg+2].[Mg+2].[Mg+2]. The molecule has 0 heterocycles. The molecule has 0 aliphatic heterocycles. The van der Waals surface area contributed by atoms with Gasteiger partial charge in [0.2, 0.25) is 0 Å². The van der Waals surface area contributed by atoms with Crippen molar-refractivity contribution in [3.05, 3.63) is 7.43 Å². The van der Waals surface area contributed by atoms with Gasteiger partial charge in [0.15, 0.2) is 8.32 Å². The predicted octanol–water partition coefficient (Wildman–Crippen LogP) is 12.9. The second kappa shape index (κ2) is 296. The number of alkyl halides is 4. The molecule has 0 saturated heterocycles. The normalized spacial score (nSPS) is 6.57. The van der Waals surface area contributed by atoms with Gasteiger partial charge in [-0.2, -0.15) is 0 Å². The molecule has 0 saturated carbocycles. The van der Waals surface area contributed by atoms with E-state index in [9.17, 15) is 0 Å². The molecule has 0 fully saturated rings. The first-order chi connectivity index (χ1) is 30.3. The third kappa shape index (κ3) is 347. The van der Waals surface area contributed by atoms with Crippen molar-refractivity contribution in [3.63, 3.8) is 0 Å². The zero-order valence-electron chi connectivity index (χ0n) is 45.2. The average Bonchev–Trinajstić information content (AvgIpc) is 3.25. The fourth-order valence-electron chi connectivity index (χ4n) is 3.79. The number of hydrogen-bond donors (Lipinski definition) is 0. The quantitative estimate of drug-likeness (QED) is 0.0275. The summed E-state index contributed by atoms with van der Waals surface area (Å²) in [5.74, 6) is 2.61. The van der Waals surface area contributed by atoms with Gasteiger partial charge in [-0.15, -0.1) is 141 Å². The molecule has 0 aliphatic rings. The summed E-state index contributed by atoms with van der Waals surface area (Å²) in [5.41, 5.74) is 0.